The van der Waals surface area contributed by atoms with Crippen LogP contribution in [0.15, 0.2) is 24.3 Å². The molecule has 1 fully saturated rings. The van der Waals surface area contributed by atoms with Crippen LogP contribution in [-0.4, -0.2) is 33.4 Å². The first-order chi connectivity index (χ1) is 8.80. The lowest BCUT2D eigenvalue weighted by Crippen LogP contribution is -2.29. The van der Waals surface area contributed by atoms with Gasteiger partial charge in [-0.25, -0.2) is 0 Å². The van der Waals surface area contributed by atoms with Crippen LogP contribution in [0.5, 0.6) is 5.75 Å². The third-order valence-corrected chi connectivity index (χ3v) is 3.58. The van der Waals surface area contributed by atoms with Crippen LogP contribution in [-0.2, 0) is 10.2 Å². The smallest absolute Gasteiger partial charge is 0.119 e. The fraction of sp³-hybridized carbons (Fsp3) is 0.600. The van der Waals surface area contributed by atoms with E-state index < -0.39 is 0 Å². The molecule has 2 rings (SSSR count). The summed E-state index contributed by atoms with van der Waals surface area (Å²) in [6, 6.07) is 8.56. The predicted octanol–water partition coefficient (Wildman–Crippen LogP) is 2.35. The minimum absolute atomic E-state index is 0.360. The van der Waals surface area contributed by atoms with Gasteiger partial charge in [-0.3, -0.25) is 0 Å². The summed E-state index contributed by atoms with van der Waals surface area (Å²) in [5.41, 5.74) is 1.79. The fourth-order valence-electron chi connectivity index (χ4n) is 2.29. The molecule has 0 atom stereocenters. The lowest BCUT2D eigenvalue weighted by atomic mass is 9.96. The number of methoxy groups -OCH3 is 1. The molecule has 0 radical (unpaired) electrons. The van der Waals surface area contributed by atoms with E-state index in [1.54, 1.807) is 7.11 Å². The molecule has 3 heteroatoms. The quantitative estimate of drug-likeness (QED) is 0.717. The Morgan fingerprint density at radius 3 is 2.50 bits per heavy atom. The molecule has 3 nitrogen and oxygen atoms in total. The summed E-state index contributed by atoms with van der Waals surface area (Å²) in [4.78, 5) is 0. The van der Waals surface area contributed by atoms with Gasteiger partial charge in [-0.15, -0.1) is 0 Å². The summed E-state index contributed by atoms with van der Waals surface area (Å²) in [6.07, 6.45) is 2.56. The normalized spacial score (nSPS) is 16.6. The standard InChI is InChI=1S/C15H23NO2/c1-3-18-14-6-4-13(5-7-14)15(8-9-15)12-16-10-11-17-2/h4-7,16H,3,8-12H2,1-2H3. The fourth-order valence-corrected chi connectivity index (χ4v) is 2.29. The monoisotopic (exact) mass is 249 g/mol. The lowest BCUT2D eigenvalue weighted by molar-refractivity contribution is 0.198. The van der Waals surface area contributed by atoms with Crippen molar-refractivity contribution in [2.45, 2.75) is 25.2 Å². The molecule has 1 saturated carbocycles. The molecule has 0 heterocycles. The maximum Gasteiger partial charge on any atom is 0.119 e. The van der Waals surface area contributed by atoms with Crippen LogP contribution >= 0.6 is 0 Å². The molecule has 1 aromatic rings. The van der Waals surface area contributed by atoms with Crippen LogP contribution in [0.2, 0.25) is 0 Å². The molecule has 0 aliphatic heterocycles. The molecule has 1 aromatic carbocycles. The molecule has 0 spiro atoms. The van der Waals surface area contributed by atoms with Crippen LogP contribution in [0, 0.1) is 0 Å². The zero-order valence-corrected chi connectivity index (χ0v) is 11.4. The van der Waals surface area contributed by atoms with Crippen molar-refractivity contribution in [3.8, 4) is 5.75 Å². The molecular weight excluding hydrogens is 226 g/mol. The molecule has 1 N–H and O–H groups in total. The van der Waals surface area contributed by atoms with Gasteiger partial charge in [-0.1, -0.05) is 12.1 Å². The number of benzene rings is 1. The van der Waals surface area contributed by atoms with Crippen LogP contribution in [0.3, 0.4) is 0 Å². The van der Waals surface area contributed by atoms with Crippen molar-refractivity contribution in [1.82, 2.24) is 5.32 Å². The Bertz CT molecular complexity index is 357. The number of rotatable bonds is 8. The highest BCUT2D eigenvalue weighted by atomic mass is 16.5. The highest BCUT2D eigenvalue weighted by Crippen LogP contribution is 2.47. The van der Waals surface area contributed by atoms with Gasteiger partial charge in [-0.2, -0.15) is 0 Å². The summed E-state index contributed by atoms with van der Waals surface area (Å²) in [6.45, 7) is 5.48. The Balaban J connectivity index is 1.89. The first-order valence-corrected chi connectivity index (χ1v) is 6.74. The van der Waals surface area contributed by atoms with Crippen molar-refractivity contribution in [2.24, 2.45) is 0 Å². The largest absolute Gasteiger partial charge is 0.494 e. The van der Waals surface area contributed by atoms with Gasteiger partial charge in [0.1, 0.15) is 5.75 Å². The van der Waals surface area contributed by atoms with E-state index in [0.29, 0.717) is 5.41 Å². The van der Waals surface area contributed by atoms with Crippen molar-refractivity contribution < 1.29 is 9.47 Å². The Morgan fingerprint density at radius 2 is 1.94 bits per heavy atom. The van der Waals surface area contributed by atoms with Gasteiger partial charge < -0.3 is 14.8 Å². The van der Waals surface area contributed by atoms with Crippen molar-refractivity contribution >= 4 is 0 Å². The predicted molar refractivity (Wildman–Crippen MR) is 73.3 cm³/mol. The van der Waals surface area contributed by atoms with Crippen molar-refractivity contribution in [3.05, 3.63) is 29.8 Å². The second kappa shape index (κ2) is 6.21. The third-order valence-electron chi connectivity index (χ3n) is 3.58. The molecule has 1 aliphatic rings. The van der Waals surface area contributed by atoms with Gasteiger partial charge in [0, 0.05) is 25.6 Å². The molecule has 0 aromatic heterocycles. The molecule has 0 saturated heterocycles. The van der Waals surface area contributed by atoms with Crippen LogP contribution < -0.4 is 10.1 Å². The Labute approximate surface area is 109 Å². The first-order valence-electron chi connectivity index (χ1n) is 6.74. The maximum absolute atomic E-state index is 5.47. The topological polar surface area (TPSA) is 30.5 Å². The number of nitrogens with one attached hydrogen (secondary N) is 1. The van der Waals surface area contributed by atoms with E-state index in [9.17, 15) is 0 Å². The minimum atomic E-state index is 0.360. The van der Waals surface area contributed by atoms with Crippen LogP contribution in [0.25, 0.3) is 0 Å². The van der Waals surface area contributed by atoms with Crippen molar-refractivity contribution in [3.63, 3.8) is 0 Å². The molecule has 1 aliphatic carbocycles. The van der Waals surface area contributed by atoms with Gasteiger partial charge in [0.25, 0.3) is 0 Å². The molecule has 0 bridgehead atoms. The maximum atomic E-state index is 5.47. The summed E-state index contributed by atoms with van der Waals surface area (Å²) < 4.78 is 10.5. The highest BCUT2D eigenvalue weighted by Gasteiger charge is 2.43. The Morgan fingerprint density at radius 1 is 1.22 bits per heavy atom. The van der Waals surface area contributed by atoms with E-state index in [2.05, 4.69) is 29.6 Å². The number of hydrogen-bond donors (Lipinski definition) is 1. The Hall–Kier alpha value is -1.06. The minimum Gasteiger partial charge on any atom is -0.494 e. The van der Waals surface area contributed by atoms with Crippen molar-refractivity contribution in [1.29, 1.82) is 0 Å². The lowest BCUT2D eigenvalue weighted by Gasteiger charge is -2.17. The van der Waals surface area contributed by atoms with E-state index in [-0.39, 0.29) is 0 Å². The van der Waals surface area contributed by atoms with Gasteiger partial charge in [0.05, 0.1) is 13.2 Å². The zero-order valence-electron chi connectivity index (χ0n) is 11.4. The molecule has 0 amide bonds. The number of ether oxygens (including phenoxy) is 2. The average Bonchev–Trinajstić information content (AvgIpc) is 3.17. The summed E-state index contributed by atoms with van der Waals surface area (Å²) in [7, 11) is 1.74. The molecule has 0 unspecified atom stereocenters. The van der Waals surface area contributed by atoms with Gasteiger partial charge in [-0.05, 0) is 37.5 Å². The van der Waals surface area contributed by atoms with E-state index in [0.717, 1.165) is 32.1 Å². The zero-order chi connectivity index (χ0) is 12.8. The van der Waals surface area contributed by atoms with Crippen LogP contribution in [0.1, 0.15) is 25.3 Å². The van der Waals surface area contributed by atoms with E-state index in [4.69, 9.17) is 9.47 Å². The highest BCUT2D eigenvalue weighted by molar-refractivity contribution is 5.36. The SMILES string of the molecule is CCOc1ccc(C2(CNCCOC)CC2)cc1. The summed E-state index contributed by atoms with van der Waals surface area (Å²) >= 11 is 0. The van der Waals surface area contributed by atoms with Crippen molar-refractivity contribution in [2.75, 3.05) is 33.4 Å². The summed E-state index contributed by atoms with van der Waals surface area (Å²) in [5.74, 6) is 0.962. The second-order valence-electron chi connectivity index (χ2n) is 4.91. The molecule has 18 heavy (non-hydrogen) atoms. The van der Waals surface area contributed by atoms with Crippen LogP contribution in [0.4, 0.5) is 0 Å². The van der Waals surface area contributed by atoms with Gasteiger partial charge >= 0.3 is 0 Å². The first kappa shape index (κ1) is 13.4. The average molecular weight is 249 g/mol. The summed E-state index contributed by atoms with van der Waals surface area (Å²) in [5, 5.41) is 3.47. The van der Waals surface area contributed by atoms with Gasteiger partial charge in [0.2, 0.25) is 0 Å². The molecular formula is C15H23NO2. The molecule has 100 valence electrons. The third kappa shape index (κ3) is 3.24. The number of hydrogen-bond acceptors (Lipinski definition) is 3. The van der Waals surface area contributed by atoms with E-state index >= 15 is 0 Å². The van der Waals surface area contributed by atoms with E-state index in [1.165, 1.54) is 18.4 Å². The van der Waals surface area contributed by atoms with E-state index in [1.807, 2.05) is 6.92 Å². The second-order valence-corrected chi connectivity index (χ2v) is 4.91. The van der Waals surface area contributed by atoms with Gasteiger partial charge in [0.15, 0.2) is 0 Å². The Kier molecular flexibility index (Phi) is 4.61.